The van der Waals surface area contributed by atoms with Crippen molar-refractivity contribution < 1.29 is 0 Å². The second-order valence-electron chi connectivity index (χ2n) is 8.17. The lowest BCUT2D eigenvalue weighted by molar-refractivity contribution is 0.136. The van der Waals surface area contributed by atoms with Crippen molar-refractivity contribution in [2.24, 2.45) is 16.8 Å². The third-order valence-corrected chi connectivity index (χ3v) is 6.58. The van der Waals surface area contributed by atoms with Gasteiger partial charge in [-0.05, 0) is 50.6 Å². The molecule has 2 saturated heterocycles. The molecule has 0 aromatic heterocycles. The van der Waals surface area contributed by atoms with Crippen molar-refractivity contribution in [3.63, 3.8) is 0 Å². The van der Waals surface area contributed by atoms with Crippen LogP contribution in [-0.4, -0.2) is 86.6 Å². The van der Waals surface area contributed by atoms with Crippen LogP contribution in [0.2, 0.25) is 0 Å². The van der Waals surface area contributed by atoms with E-state index in [1.165, 1.54) is 90.9 Å². The van der Waals surface area contributed by atoms with Gasteiger partial charge >= 0.3 is 0 Å². The van der Waals surface area contributed by atoms with Gasteiger partial charge in [-0.1, -0.05) is 19.8 Å². The zero-order chi connectivity index (χ0) is 17.5. The highest BCUT2D eigenvalue weighted by atomic mass is 15.3. The number of aliphatic imine (C=N–C) groups is 1. The molecule has 2 atom stereocenters. The molecule has 25 heavy (non-hydrogen) atoms. The Labute approximate surface area is 154 Å². The van der Waals surface area contributed by atoms with Crippen molar-refractivity contribution in [1.82, 2.24) is 20.0 Å². The van der Waals surface area contributed by atoms with Gasteiger partial charge in [-0.2, -0.15) is 0 Å². The Balaban J connectivity index is 1.29. The van der Waals surface area contributed by atoms with Gasteiger partial charge in [0, 0.05) is 52.9 Å². The van der Waals surface area contributed by atoms with Gasteiger partial charge in [-0.3, -0.25) is 4.99 Å². The van der Waals surface area contributed by atoms with Gasteiger partial charge in [0.1, 0.15) is 0 Å². The summed E-state index contributed by atoms with van der Waals surface area (Å²) in [6, 6.07) is 0. The number of hydrogen-bond donors (Lipinski definition) is 1. The van der Waals surface area contributed by atoms with E-state index in [4.69, 9.17) is 0 Å². The average Bonchev–Trinajstić information content (AvgIpc) is 3.09. The van der Waals surface area contributed by atoms with Crippen molar-refractivity contribution in [3.8, 4) is 0 Å². The number of guanidine groups is 1. The molecule has 0 aromatic carbocycles. The average molecular weight is 350 g/mol. The molecule has 3 rings (SSSR count). The molecule has 1 N–H and O–H groups in total. The van der Waals surface area contributed by atoms with E-state index in [-0.39, 0.29) is 0 Å². The molecule has 5 nitrogen and oxygen atoms in total. The van der Waals surface area contributed by atoms with Crippen molar-refractivity contribution in [2.75, 3.05) is 66.0 Å². The monoisotopic (exact) mass is 349 g/mol. The van der Waals surface area contributed by atoms with E-state index in [9.17, 15) is 0 Å². The number of likely N-dealkylation sites (N-methyl/N-ethyl adjacent to an activating group) is 1. The molecule has 0 amide bonds. The number of rotatable bonds is 6. The number of unbranched alkanes of at least 4 members (excludes halogenated alkanes) is 1. The Kier molecular flexibility index (Phi) is 7.41. The van der Waals surface area contributed by atoms with Gasteiger partial charge < -0.3 is 20.0 Å². The molecule has 3 aliphatic rings. The molecule has 5 heteroatoms. The third kappa shape index (κ3) is 5.33. The number of likely N-dealkylation sites (tertiary alicyclic amines) is 1. The summed E-state index contributed by atoms with van der Waals surface area (Å²) in [5.41, 5.74) is 0. The number of nitrogens with zero attached hydrogens (tertiary/aromatic N) is 4. The zero-order valence-corrected chi connectivity index (χ0v) is 16.6. The molecule has 3 fully saturated rings. The first-order valence-corrected chi connectivity index (χ1v) is 10.7. The summed E-state index contributed by atoms with van der Waals surface area (Å²) in [4.78, 5) is 12.2. The van der Waals surface area contributed by atoms with Gasteiger partial charge in [0.15, 0.2) is 5.96 Å². The second-order valence-corrected chi connectivity index (χ2v) is 8.17. The minimum absolute atomic E-state index is 0.925. The van der Waals surface area contributed by atoms with E-state index >= 15 is 0 Å². The number of nitrogens with one attached hydrogen (secondary N) is 1. The van der Waals surface area contributed by atoms with Gasteiger partial charge in [0.05, 0.1) is 0 Å². The first-order valence-electron chi connectivity index (χ1n) is 10.7. The third-order valence-electron chi connectivity index (χ3n) is 6.58. The summed E-state index contributed by atoms with van der Waals surface area (Å²) in [7, 11) is 1.94. The number of piperazine rings is 1. The Morgan fingerprint density at radius 2 is 1.60 bits per heavy atom. The van der Waals surface area contributed by atoms with Crippen LogP contribution in [0.25, 0.3) is 0 Å². The highest BCUT2D eigenvalue weighted by Crippen LogP contribution is 2.35. The quantitative estimate of drug-likeness (QED) is 0.452. The van der Waals surface area contributed by atoms with Gasteiger partial charge in [0.2, 0.25) is 0 Å². The van der Waals surface area contributed by atoms with Crippen LogP contribution < -0.4 is 5.32 Å². The molecule has 144 valence electrons. The SMILES string of the molecule is CCN1CCN(CCCCNC(=NC)N2CC3CCCCC3C2)CC1. The smallest absolute Gasteiger partial charge is 0.193 e. The maximum Gasteiger partial charge on any atom is 0.193 e. The van der Waals surface area contributed by atoms with Gasteiger partial charge in [-0.25, -0.2) is 0 Å². The number of hydrogen-bond acceptors (Lipinski definition) is 3. The van der Waals surface area contributed by atoms with Crippen LogP contribution in [0.1, 0.15) is 45.4 Å². The summed E-state index contributed by atoms with van der Waals surface area (Å²) < 4.78 is 0. The molecule has 2 heterocycles. The van der Waals surface area contributed by atoms with Crippen LogP contribution in [0.3, 0.4) is 0 Å². The molecule has 1 aliphatic carbocycles. The van der Waals surface area contributed by atoms with Crippen molar-refractivity contribution in [1.29, 1.82) is 0 Å². The van der Waals surface area contributed by atoms with Crippen LogP contribution in [0.4, 0.5) is 0 Å². The normalized spacial score (nSPS) is 29.0. The van der Waals surface area contributed by atoms with E-state index < -0.39 is 0 Å². The largest absolute Gasteiger partial charge is 0.356 e. The molecule has 1 saturated carbocycles. The highest BCUT2D eigenvalue weighted by molar-refractivity contribution is 5.80. The summed E-state index contributed by atoms with van der Waals surface area (Å²) in [6.07, 6.45) is 8.28. The molecule has 2 aliphatic heterocycles. The summed E-state index contributed by atoms with van der Waals surface area (Å²) in [5.74, 6) is 2.99. The van der Waals surface area contributed by atoms with Crippen molar-refractivity contribution in [3.05, 3.63) is 0 Å². The van der Waals surface area contributed by atoms with E-state index in [0.717, 1.165) is 24.3 Å². The minimum Gasteiger partial charge on any atom is -0.356 e. The van der Waals surface area contributed by atoms with Crippen molar-refractivity contribution >= 4 is 5.96 Å². The summed E-state index contributed by atoms with van der Waals surface area (Å²) in [5, 5.41) is 3.62. The molecular formula is C20H39N5. The predicted molar refractivity (Wildman–Crippen MR) is 106 cm³/mol. The van der Waals surface area contributed by atoms with E-state index in [0.29, 0.717) is 0 Å². The Hall–Kier alpha value is -0.810. The van der Waals surface area contributed by atoms with Gasteiger partial charge in [-0.15, -0.1) is 0 Å². The molecule has 0 bridgehead atoms. The molecule has 0 spiro atoms. The molecular weight excluding hydrogens is 310 g/mol. The maximum atomic E-state index is 4.55. The van der Waals surface area contributed by atoms with Crippen LogP contribution in [0, 0.1) is 11.8 Å². The predicted octanol–water partition coefficient (Wildman–Crippen LogP) is 2.10. The first kappa shape index (κ1) is 19.0. The fourth-order valence-corrected chi connectivity index (χ4v) is 4.90. The Morgan fingerprint density at radius 1 is 0.960 bits per heavy atom. The number of fused-ring (bicyclic) bond motifs is 1. The second kappa shape index (κ2) is 9.77. The van der Waals surface area contributed by atoms with Crippen LogP contribution in [-0.2, 0) is 0 Å². The standard InChI is InChI=1S/C20H39N5/c1-3-23-12-14-24(15-13-23)11-7-6-10-22-20(21-2)25-16-18-8-4-5-9-19(18)17-25/h18-19H,3-17H2,1-2H3,(H,21,22). The zero-order valence-electron chi connectivity index (χ0n) is 16.6. The van der Waals surface area contributed by atoms with Crippen LogP contribution in [0.15, 0.2) is 4.99 Å². The topological polar surface area (TPSA) is 34.1 Å². The lowest BCUT2D eigenvalue weighted by Crippen LogP contribution is -2.46. The molecule has 2 unspecified atom stereocenters. The molecule has 0 radical (unpaired) electrons. The van der Waals surface area contributed by atoms with Crippen molar-refractivity contribution in [2.45, 2.75) is 45.4 Å². The summed E-state index contributed by atoms with van der Waals surface area (Å²) in [6.45, 7) is 13.2. The first-order chi connectivity index (χ1) is 12.3. The van der Waals surface area contributed by atoms with Gasteiger partial charge in [0.25, 0.3) is 0 Å². The Bertz CT molecular complexity index is 402. The van der Waals surface area contributed by atoms with E-state index in [2.05, 4.69) is 31.9 Å². The minimum atomic E-state index is 0.925. The lowest BCUT2D eigenvalue weighted by atomic mass is 9.82. The lowest BCUT2D eigenvalue weighted by Gasteiger charge is -2.34. The fourth-order valence-electron chi connectivity index (χ4n) is 4.90. The summed E-state index contributed by atoms with van der Waals surface area (Å²) >= 11 is 0. The highest BCUT2D eigenvalue weighted by Gasteiger charge is 2.35. The Morgan fingerprint density at radius 3 is 2.20 bits per heavy atom. The molecule has 0 aromatic rings. The van der Waals surface area contributed by atoms with E-state index in [1.54, 1.807) is 0 Å². The van der Waals surface area contributed by atoms with Crippen LogP contribution in [0.5, 0.6) is 0 Å². The van der Waals surface area contributed by atoms with E-state index in [1.807, 2.05) is 7.05 Å². The maximum absolute atomic E-state index is 4.55. The van der Waals surface area contributed by atoms with Crippen LogP contribution >= 0.6 is 0 Å². The fraction of sp³-hybridized carbons (Fsp3) is 0.950.